The monoisotopic (exact) mass is 1080 g/mol. The lowest BCUT2D eigenvalue weighted by molar-refractivity contribution is -0.129. The molecule has 20 nitrogen and oxygen atoms in total. The summed E-state index contributed by atoms with van der Waals surface area (Å²) in [5.41, 5.74) is -1.25. The van der Waals surface area contributed by atoms with Gasteiger partial charge in [-0.3, -0.25) is 38.7 Å². The van der Waals surface area contributed by atoms with Gasteiger partial charge in [-0.05, 0) is 79.4 Å². The minimum absolute atomic E-state index is 0.00229. The number of aromatic nitrogens is 2. The Morgan fingerprint density at radius 2 is 0.769 bits per heavy atom. The number of nitrogens with one attached hydrogen (secondary N) is 4. The fourth-order valence-electron chi connectivity index (χ4n) is 9.54. The third kappa shape index (κ3) is 13.3. The summed E-state index contributed by atoms with van der Waals surface area (Å²) in [6.07, 6.45) is 5.00. The number of rotatable bonds is 22. The van der Waals surface area contributed by atoms with E-state index in [2.05, 4.69) is 21.3 Å². The van der Waals surface area contributed by atoms with Gasteiger partial charge >= 0.3 is 12.2 Å². The third-order valence-electron chi connectivity index (χ3n) is 13.3. The quantitative estimate of drug-likeness (QED) is 0.0219. The van der Waals surface area contributed by atoms with Crippen molar-refractivity contribution in [2.75, 3.05) is 39.4 Å². The van der Waals surface area contributed by atoms with Gasteiger partial charge in [-0.2, -0.15) is 0 Å². The number of carbonyl (C=O) groups is 8. The molecule has 2 aromatic heterocycles. The fourth-order valence-corrected chi connectivity index (χ4v) is 9.54. The van der Waals surface area contributed by atoms with Crippen molar-refractivity contribution < 1.29 is 57.3 Å². The maximum atomic E-state index is 14.6. The summed E-state index contributed by atoms with van der Waals surface area (Å²) >= 11 is 0. The van der Waals surface area contributed by atoms with Crippen LogP contribution in [0.25, 0.3) is 43.4 Å². The van der Waals surface area contributed by atoms with Gasteiger partial charge in [0.1, 0.15) is 13.2 Å². The molecular weight excluding hydrogens is 1000 g/mol. The molecule has 2 aliphatic rings. The summed E-state index contributed by atoms with van der Waals surface area (Å²) in [6, 6.07) is 6.59. The van der Waals surface area contributed by atoms with Gasteiger partial charge < -0.3 is 40.2 Å². The number of benzene rings is 3. The van der Waals surface area contributed by atoms with Crippen molar-refractivity contribution in [2.45, 2.75) is 158 Å². The van der Waals surface area contributed by atoms with E-state index in [1.54, 1.807) is 65.8 Å². The summed E-state index contributed by atoms with van der Waals surface area (Å²) in [6.45, 7) is 22.6. The van der Waals surface area contributed by atoms with Gasteiger partial charge in [-0.1, -0.05) is 79.4 Å². The molecule has 0 saturated carbocycles. The highest BCUT2D eigenvalue weighted by molar-refractivity contribution is 6.39. The first-order valence-electron chi connectivity index (χ1n) is 27.0. The van der Waals surface area contributed by atoms with Crippen molar-refractivity contribution in [3.05, 3.63) is 58.9 Å². The minimum atomic E-state index is -1.31. The van der Waals surface area contributed by atoms with Crippen LogP contribution in [0, 0.1) is 10.8 Å². The lowest BCUT2D eigenvalue weighted by Gasteiger charge is -2.37. The molecule has 3 aromatic carbocycles. The highest BCUT2D eigenvalue weighted by atomic mass is 16.6. The molecule has 0 spiro atoms. The number of amides is 8. The Balaban J connectivity index is 1.06. The number of pyridine rings is 2. The van der Waals surface area contributed by atoms with Crippen LogP contribution >= 0.6 is 0 Å². The molecule has 2 aliphatic heterocycles. The van der Waals surface area contributed by atoms with Gasteiger partial charge in [0.05, 0.1) is 33.4 Å². The molecule has 0 aliphatic carbocycles. The summed E-state index contributed by atoms with van der Waals surface area (Å²) < 4.78 is 23.6. The van der Waals surface area contributed by atoms with Crippen LogP contribution in [0.1, 0.15) is 176 Å². The zero-order valence-corrected chi connectivity index (χ0v) is 47.2. The van der Waals surface area contributed by atoms with Crippen molar-refractivity contribution in [3.63, 3.8) is 0 Å². The Kier molecular flexibility index (Phi) is 17.7. The van der Waals surface area contributed by atoms with E-state index in [0.717, 1.165) is 48.3 Å². The van der Waals surface area contributed by atoms with Crippen LogP contribution in [0.4, 0.5) is 9.59 Å². The van der Waals surface area contributed by atoms with E-state index in [1.165, 1.54) is 12.4 Å². The molecule has 2 atom stereocenters. The number of hydrogen-bond acceptors (Lipinski definition) is 14. The molecule has 7 rings (SSSR count). The maximum Gasteiger partial charge on any atom is 0.407 e. The highest BCUT2D eigenvalue weighted by Crippen LogP contribution is 2.45. The maximum absolute atomic E-state index is 14.6. The first kappa shape index (κ1) is 58.6. The number of fused-ring (bicyclic) bond motifs is 2. The summed E-state index contributed by atoms with van der Waals surface area (Å²) in [4.78, 5) is 120. The predicted octanol–water partition coefficient (Wildman–Crippen LogP) is 8.90. The van der Waals surface area contributed by atoms with Crippen molar-refractivity contribution in [1.82, 2.24) is 41.0 Å². The van der Waals surface area contributed by atoms with Crippen LogP contribution in [0.15, 0.2) is 36.7 Å². The van der Waals surface area contributed by atoms with Crippen LogP contribution in [0.2, 0.25) is 0 Å². The van der Waals surface area contributed by atoms with Gasteiger partial charge in [-0.25, -0.2) is 19.4 Å². The Morgan fingerprint density at radius 1 is 0.449 bits per heavy atom. The molecular formula is C58H76N8O12. The topological polar surface area (TPSA) is 254 Å². The van der Waals surface area contributed by atoms with Gasteiger partial charge in [0, 0.05) is 92.8 Å². The number of hydrogen-bond donors (Lipinski definition) is 4. The Bertz CT molecular complexity index is 2800. The average molecular weight is 1080 g/mol. The predicted molar refractivity (Wildman–Crippen MR) is 294 cm³/mol. The minimum Gasteiger partial charge on any atom is -0.445 e. The smallest absolute Gasteiger partial charge is 0.407 e. The lowest BCUT2D eigenvalue weighted by atomic mass is 9.86. The van der Waals surface area contributed by atoms with E-state index >= 15 is 0 Å². The van der Waals surface area contributed by atoms with Crippen molar-refractivity contribution in [1.29, 1.82) is 0 Å². The van der Waals surface area contributed by atoms with Crippen LogP contribution in [0.3, 0.4) is 0 Å². The van der Waals surface area contributed by atoms with E-state index in [1.807, 2.05) is 41.5 Å². The molecule has 0 bridgehead atoms. The van der Waals surface area contributed by atoms with Gasteiger partial charge in [0.25, 0.3) is 23.6 Å². The summed E-state index contributed by atoms with van der Waals surface area (Å²) in [5.74, 6) is -2.77. The molecule has 78 heavy (non-hydrogen) atoms. The molecule has 5 aromatic rings. The number of imide groups is 2. The first-order valence-corrected chi connectivity index (χ1v) is 27.0. The Labute approximate surface area is 455 Å². The average Bonchev–Trinajstić information content (AvgIpc) is 2.77. The zero-order chi connectivity index (χ0) is 57.1. The van der Waals surface area contributed by atoms with E-state index in [4.69, 9.17) is 28.9 Å². The van der Waals surface area contributed by atoms with Crippen LogP contribution in [-0.4, -0.2) is 130 Å². The number of alkyl carbamates (subject to hydrolysis) is 2. The second kappa shape index (κ2) is 23.5. The number of carbonyl (C=O) groups excluding carboxylic acids is 8. The molecule has 20 heteroatoms. The van der Waals surface area contributed by atoms with Crippen LogP contribution in [0.5, 0.6) is 0 Å². The molecule has 4 heterocycles. The lowest BCUT2D eigenvalue weighted by Crippen LogP contribution is -2.53. The van der Waals surface area contributed by atoms with Crippen LogP contribution < -0.4 is 21.3 Å². The third-order valence-corrected chi connectivity index (χ3v) is 13.3. The molecule has 0 fully saturated rings. The normalized spacial score (nSPS) is 14.9. The highest BCUT2D eigenvalue weighted by Gasteiger charge is 2.44. The second-order valence-corrected chi connectivity index (χ2v) is 24.1. The standard InChI is InChI=1S/C58H76N8O12/c1-55(2,3)51(71)59-25-17-13-15-19-27-61-53(73)75-31-39(77-57(7,8)9)65-47(67)35-23-21-33-43-41(35)37(49(65)69)29-63-45(43)34-22-24-36-42-38(30-64-46(33)44(34)42)50(70)66(48(36)68)40(78-58(10,11)12)32-76-54(74)62-28-20-16-14-18-26-60-52(72)56(4,5)6/h21-24,29-30,39-40H,13-20,25-28,31-32H2,1-12H3,(H,59,71)(H,60,72)(H,61,73)(H,62,74). The molecule has 420 valence electrons. The van der Waals surface area contributed by atoms with Gasteiger partial charge in [-0.15, -0.1) is 0 Å². The Hall–Kier alpha value is -7.06. The summed E-state index contributed by atoms with van der Waals surface area (Å²) in [5, 5.41) is 14.0. The number of nitrogens with zero attached hydrogens (tertiary/aromatic N) is 4. The van der Waals surface area contributed by atoms with E-state index in [9.17, 15) is 38.4 Å². The number of unbranched alkanes of at least 4 members (excludes halogenated alkanes) is 6. The number of ether oxygens (including phenoxy) is 4. The molecule has 2 unspecified atom stereocenters. The van der Waals surface area contributed by atoms with E-state index in [-0.39, 0.29) is 34.1 Å². The first-order chi connectivity index (χ1) is 36.6. The van der Waals surface area contributed by atoms with E-state index < -0.39 is 83.5 Å². The fraction of sp³-hybridized carbons (Fsp3) is 0.552. The largest absolute Gasteiger partial charge is 0.445 e. The Morgan fingerprint density at radius 3 is 1.09 bits per heavy atom. The SMILES string of the molecule is CC(C)(C)OC(COC(=O)NCCCCCCNC(=O)C(C)(C)C)N1C(=O)c2ccc3c4ncc5c6c(ccc(c7ncc(c2c37)C1=O)c64)C(=O)N(C(COC(=O)NCCCCCCNC(=O)C(C)(C)C)OC(C)(C)C)C5=O. The van der Waals surface area contributed by atoms with Crippen molar-refractivity contribution >= 4 is 91.0 Å². The molecule has 8 amide bonds. The second-order valence-electron chi connectivity index (χ2n) is 24.1. The zero-order valence-electron chi connectivity index (χ0n) is 47.2. The molecule has 0 saturated heterocycles. The van der Waals surface area contributed by atoms with Gasteiger partial charge in [0.2, 0.25) is 11.8 Å². The molecule has 0 radical (unpaired) electrons. The van der Waals surface area contributed by atoms with Crippen LogP contribution in [-0.2, 0) is 28.5 Å². The van der Waals surface area contributed by atoms with E-state index in [0.29, 0.717) is 82.4 Å². The van der Waals surface area contributed by atoms with Gasteiger partial charge in [0.15, 0.2) is 12.5 Å². The van der Waals surface area contributed by atoms with Crippen molar-refractivity contribution in [2.24, 2.45) is 10.8 Å². The molecule has 4 N–H and O–H groups in total. The van der Waals surface area contributed by atoms with Crippen molar-refractivity contribution in [3.8, 4) is 0 Å². The summed E-state index contributed by atoms with van der Waals surface area (Å²) in [7, 11) is 0.